The van der Waals surface area contributed by atoms with Crippen molar-refractivity contribution in [2.75, 3.05) is 19.6 Å². The average Bonchev–Trinajstić information content (AvgIpc) is 3.07. The van der Waals surface area contributed by atoms with E-state index < -0.39 is 0 Å². The lowest BCUT2D eigenvalue weighted by Crippen LogP contribution is -2.47. The number of aryl methyl sites for hydroxylation is 1. The molecule has 3 heterocycles. The number of aromatic nitrogens is 1. The maximum atomic E-state index is 12.5. The van der Waals surface area contributed by atoms with Crippen LogP contribution in [0.5, 0.6) is 0 Å². The van der Waals surface area contributed by atoms with E-state index in [2.05, 4.69) is 15.7 Å². The van der Waals surface area contributed by atoms with Crippen molar-refractivity contribution in [1.29, 1.82) is 0 Å². The van der Waals surface area contributed by atoms with Gasteiger partial charge in [-0.1, -0.05) is 0 Å². The Labute approximate surface area is 123 Å². The topological polar surface area (TPSA) is 65.5 Å². The van der Waals surface area contributed by atoms with Gasteiger partial charge in [0.05, 0.1) is 17.2 Å². The average molecular weight is 295 g/mol. The summed E-state index contributed by atoms with van der Waals surface area (Å²) in [6.07, 6.45) is 2.30. The third kappa shape index (κ3) is 2.87. The number of rotatable bonds is 2. The molecule has 1 amide bonds. The molecule has 6 heteroatoms. The highest BCUT2D eigenvalue weighted by atomic mass is 32.1. The van der Waals surface area contributed by atoms with Crippen LogP contribution >= 0.6 is 11.3 Å². The van der Waals surface area contributed by atoms with Gasteiger partial charge in [-0.05, 0) is 26.2 Å². The van der Waals surface area contributed by atoms with Gasteiger partial charge in [0.2, 0.25) is 5.91 Å². The number of thiazole rings is 1. The third-order valence-electron chi connectivity index (χ3n) is 4.12. The number of amides is 1. The maximum Gasteiger partial charge on any atom is 0.239 e. The molecule has 2 saturated heterocycles. The van der Waals surface area contributed by atoms with Gasteiger partial charge in [0.1, 0.15) is 0 Å². The van der Waals surface area contributed by atoms with Crippen LogP contribution in [0.15, 0.2) is 5.38 Å². The molecule has 3 unspecified atom stereocenters. The fraction of sp³-hybridized carbons (Fsp3) is 0.714. The minimum atomic E-state index is -0.383. The number of β-amino-alcohol motifs (C(OH)–C–C–N with tert-alkyl or cyclic N) is 1. The van der Waals surface area contributed by atoms with E-state index in [-0.39, 0.29) is 18.1 Å². The van der Waals surface area contributed by atoms with Crippen LogP contribution in [0, 0.1) is 6.92 Å². The first kappa shape index (κ1) is 14.0. The van der Waals surface area contributed by atoms with Crippen LogP contribution in [0.3, 0.4) is 0 Å². The highest BCUT2D eigenvalue weighted by Gasteiger charge is 2.34. The van der Waals surface area contributed by atoms with Gasteiger partial charge in [0, 0.05) is 36.6 Å². The van der Waals surface area contributed by atoms with Crippen LogP contribution in [0.4, 0.5) is 0 Å². The summed E-state index contributed by atoms with van der Waals surface area (Å²) >= 11 is 1.70. The Hall–Kier alpha value is -0.980. The largest absolute Gasteiger partial charge is 0.392 e. The van der Waals surface area contributed by atoms with Crippen LogP contribution in [0.2, 0.25) is 0 Å². The van der Waals surface area contributed by atoms with E-state index in [4.69, 9.17) is 0 Å². The third-order valence-corrected chi connectivity index (χ3v) is 5.25. The van der Waals surface area contributed by atoms with Crippen LogP contribution in [-0.2, 0) is 4.79 Å². The fourth-order valence-corrected chi connectivity index (χ4v) is 3.99. The molecule has 0 radical (unpaired) electrons. The molecule has 0 aromatic carbocycles. The molecule has 2 aliphatic rings. The number of hydrogen-bond acceptors (Lipinski definition) is 5. The molecule has 2 N–H and O–H groups in total. The minimum Gasteiger partial charge on any atom is -0.392 e. The number of nitrogens with one attached hydrogen (secondary N) is 1. The molecule has 5 nitrogen and oxygen atoms in total. The predicted octanol–water partition coefficient (Wildman–Crippen LogP) is 0.880. The van der Waals surface area contributed by atoms with Gasteiger partial charge in [-0.2, -0.15) is 0 Å². The lowest BCUT2D eigenvalue weighted by Gasteiger charge is -2.33. The molecule has 2 aliphatic heterocycles. The predicted molar refractivity (Wildman–Crippen MR) is 77.8 cm³/mol. The van der Waals surface area contributed by atoms with Crippen molar-refractivity contribution in [3.8, 4) is 0 Å². The van der Waals surface area contributed by atoms with Crippen molar-refractivity contribution < 1.29 is 9.90 Å². The van der Waals surface area contributed by atoms with Crippen molar-refractivity contribution in [1.82, 2.24) is 15.2 Å². The standard InChI is InChI=1S/C14H21N3O2S/c1-9-8-20-13(16-9)10-3-2-4-17(7-10)14(19)12-5-11(18)6-15-12/h8,10-12,15,18H,2-7H2,1H3. The molecule has 0 spiro atoms. The summed E-state index contributed by atoms with van der Waals surface area (Å²) in [6, 6.07) is -0.207. The van der Waals surface area contributed by atoms with Gasteiger partial charge in [-0.3, -0.25) is 4.79 Å². The summed E-state index contributed by atoms with van der Waals surface area (Å²) in [5.41, 5.74) is 1.06. The first-order valence-electron chi connectivity index (χ1n) is 7.25. The van der Waals surface area contributed by atoms with E-state index in [0.29, 0.717) is 18.9 Å². The molecule has 1 aromatic rings. The monoisotopic (exact) mass is 295 g/mol. The number of nitrogens with zero attached hydrogens (tertiary/aromatic N) is 2. The van der Waals surface area contributed by atoms with E-state index in [0.717, 1.165) is 36.6 Å². The van der Waals surface area contributed by atoms with Gasteiger partial charge in [-0.15, -0.1) is 11.3 Å². The number of piperidine rings is 1. The Morgan fingerprint density at radius 3 is 3.10 bits per heavy atom. The number of hydrogen-bond donors (Lipinski definition) is 2. The summed E-state index contributed by atoms with van der Waals surface area (Å²) in [4.78, 5) is 19.0. The van der Waals surface area contributed by atoms with Crippen LogP contribution in [0.25, 0.3) is 0 Å². The summed E-state index contributed by atoms with van der Waals surface area (Å²) < 4.78 is 0. The molecule has 20 heavy (non-hydrogen) atoms. The normalized spacial score (nSPS) is 30.7. The molecule has 110 valence electrons. The van der Waals surface area contributed by atoms with Crippen LogP contribution < -0.4 is 5.32 Å². The zero-order chi connectivity index (χ0) is 14.1. The SMILES string of the molecule is Cc1csc(C2CCCN(C(=O)C3CC(O)CN3)C2)n1. The molecule has 0 bridgehead atoms. The van der Waals surface area contributed by atoms with Crippen molar-refractivity contribution in [2.24, 2.45) is 0 Å². The molecule has 0 saturated carbocycles. The Bertz CT molecular complexity index is 491. The van der Waals surface area contributed by atoms with Crippen LogP contribution in [-0.4, -0.2) is 52.7 Å². The Morgan fingerprint density at radius 2 is 2.45 bits per heavy atom. The van der Waals surface area contributed by atoms with E-state index >= 15 is 0 Å². The van der Waals surface area contributed by atoms with Crippen molar-refractivity contribution in [3.05, 3.63) is 16.1 Å². The quantitative estimate of drug-likeness (QED) is 0.850. The number of aliphatic hydroxyl groups is 1. The van der Waals surface area contributed by atoms with Gasteiger partial charge in [-0.25, -0.2) is 4.98 Å². The number of likely N-dealkylation sites (tertiary alicyclic amines) is 1. The van der Waals surface area contributed by atoms with E-state index in [1.165, 1.54) is 0 Å². The van der Waals surface area contributed by atoms with Crippen LogP contribution in [0.1, 0.15) is 35.9 Å². The Kier molecular flexibility index (Phi) is 4.05. The first-order chi connectivity index (χ1) is 9.63. The Morgan fingerprint density at radius 1 is 1.60 bits per heavy atom. The lowest BCUT2D eigenvalue weighted by molar-refractivity contribution is -0.134. The zero-order valence-electron chi connectivity index (χ0n) is 11.7. The van der Waals surface area contributed by atoms with Gasteiger partial charge in [0.15, 0.2) is 0 Å². The minimum absolute atomic E-state index is 0.138. The molecule has 3 atom stereocenters. The number of carbonyl (C=O) groups excluding carboxylic acids is 1. The number of carbonyl (C=O) groups is 1. The molecular formula is C14H21N3O2S. The fourth-order valence-electron chi connectivity index (χ4n) is 3.06. The van der Waals surface area contributed by atoms with E-state index in [1.807, 2.05) is 11.8 Å². The summed E-state index contributed by atoms with van der Waals surface area (Å²) in [5, 5.41) is 15.9. The summed E-state index contributed by atoms with van der Waals surface area (Å²) in [7, 11) is 0. The second kappa shape index (κ2) is 5.79. The molecule has 1 aromatic heterocycles. The second-order valence-electron chi connectivity index (χ2n) is 5.80. The highest BCUT2D eigenvalue weighted by molar-refractivity contribution is 7.09. The Balaban J connectivity index is 1.64. The molecule has 2 fully saturated rings. The first-order valence-corrected chi connectivity index (χ1v) is 8.13. The second-order valence-corrected chi connectivity index (χ2v) is 6.69. The summed E-state index contributed by atoms with van der Waals surface area (Å²) in [6.45, 7) is 4.13. The maximum absolute atomic E-state index is 12.5. The lowest BCUT2D eigenvalue weighted by atomic mass is 9.98. The van der Waals surface area contributed by atoms with Gasteiger partial charge < -0.3 is 15.3 Å². The smallest absolute Gasteiger partial charge is 0.239 e. The van der Waals surface area contributed by atoms with Gasteiger partial charge in [0.25, 0.3) is 0 Å². The summed E-state index contributed by atoms with van der Waals surface area (Å²) in [5.74, 6) is 0.511. The highest BCUT2D eigenvalue weighted by Crippen LogP contribution is 2.29. The van der Waals surface area contributed by atoms with E-state index in [1.54, 1.807) is 11.3 Å². The van der Waals surface area contributed by atoms with Crippen molar-refractivity contribution in [2.45, 2.75) is 44.2 Å². The molecule has 0 aliphatic carbocycles. The van der Waals surface area contributed by atoms with Crippen molar-refractivity contribution >= 4 is 17.2 Å². The van der Waals surface area contributed by atoms with Crippen molar-refractivity contribution in [3.63, 3.8) is 0 Å². The molecular weight excluding hydrogens is 274 g/mol. The van der Waals surface area contributed by atoms with Gasteiger partial charge >= 0.3 is 0 Å². The van der Waals surface area contributed by atoms with E-state index in [9.17, 15) is 9.90 Å². The zero-order valence-corrected chi connectivity index (χ0v) is 12.5. The molecule has 3 rings (SSSR count). The number of aliphatic hydroxyl groups excluding tert-OH is 1.